The Hall–Kier alpha value is -2.46. The molecule has 2 fully saturated rings. The molecule has 1 aliphatic carbocycles. The van der Waals surface area contributed by atoms with Gasteiger partial charge in [0.1, 0.15) is 6.04 Å². The van der Waals surface area contributed by atoms with E-state index in [1.54, 1.807) is 12.1 Å². The molecule has 170 valence electrons. The predicted octanol–water partition coefficient (Wildman–Crippen LogP) is 1.85. The minimum atomic E-state index is -3.88. The molecule has 2 aliphatic rings. The molecule has 9 nitrogen and oxygen atoms in total. The first-order chi connectivity index (χ1) is 14.8. The van der Waals surface area contributed by atoms with Crippen LogP contribution < -0.4 is 10.6 Å². The summed E-state index contributed by atoms with van der Waals surface area (Å²) in [7, 11) is -3.88. The van der Waals surface area contributed by atoms with Crippen LogP contribution >= 0.6 is 0 Å². The molecule has 1 aliphatic heterocycles. The number of carbonyl (C=O) groups excluding carboxylic acids is 3. The van der Waals surface area contributed by atoms with Crippen molar-refractivity contribution in [3.63, 3.8) is 0 Å². The third kappa shape index (κ3) is 6.04. The van der Waals surface area contributed by atoms with E-state index < -0.39 is 40.6 Å². The van der Waals surface area contributed by atoms with Crippen molar-refractivity contribution in [2.75, 3.05) is 13.2 Å². The normalized spacial score (nSPS) is 20.2. The molecule has 3 rings (SSSR count). The molecule has 1 aromatic carbocycles. The smallest absolute Gasteiger partial charge is 0.324 e. The quantitative estimate of drug-likeness (QED) is 0.637. The number of nitrogens with one attached hydrogen (secondary N) is 2. The molecule has 0 spiro atoms. The predicted molar refractivity (Wildman–Crippen MR) is 113 cm³/mol. The van der Waals surface area contributed by atoms with Crippen LogP contribution in [0.15, 0.2) is 29.2 Å². The third-order valence-corrected chi connectivity index (χ3v) is 7.56. The number of aryl methyl sites for hydroxylation is 1. The summed E-state index contributed by atoms with van der Waals surface area (Å²) in [5.41, 5.74) is 0.927. The number of imide groups is 1. The number of sulfonamides is 1. The largest absolute Gasteiger partial charge is 0.454 e. The lowest BCUT2D eigenvalue weighted by atomic mass is 10.1. The number of piperidine rings is 1. The number of hydrogen-bond acceptors (Lipinski definition) is 6. The van der Waals surface area contributed by atoms with Gasteiger partial charge in [-0.05, 0) is 51.2 Å². The van der Waals surface area contributed by atoms with Crippen molar-refractivity contribution in [1.82, 2.24) is 14.9 Å². The van der Waals surface area contributed by atoms with Gasteiger partial charge in [-0.3, -0.25) is 14.9 Å². The number of rotatable bonds is 6. The van der Waals surface area contributed by atoms with E-state index in [9.17, 15) is 22.8 Å². The zero-order valence-electron chi connectivity index (χ0n) is 17.6. The Morgan fingerprint density at radius 3 is 2.35 bits per heavy atom. The zero-order chi connectivity index (χ0) is 22.4. The molecule has 10 heteroatoms. The standard InChI is InChI=1S/C21H29N3O6S/c1-15-9-11-17(12-10-15)31(28,29)24-13-5-4-8-18(24)20(26)30-14-19(25)23-21(27)22-16-6-2-3-7-16/h9-12,16,18H,2-8,13-14H2,1H3,(H2,22,23,25,27). The number of nitrogens with zero attached hydrogens (tertiary/aromatic N) is 1. The van der Waals surface area contributed by atoms with E-state index in [4.69, 9.17) is 4.74 Å². The van der Waals surface area contributed by atoms with Crippen molar-refractivity contribution >= 4 is 27.9 Å². The molecule has 1 aromatic rings. The summed E-state index contributed by atoms with van der Waals surface area (Å²) in [5, 5.41) is 4.85. The summed E-state index contributed by atoms with van der Waals surface area (Å²) >= 11 is 0. The van der Waals surface area contributed by atoms with Gasteiger partial charge in [0.15, 0.2) is 6.61 Å². The lowest BCUT2D eigenvalue weighted by Gasteiger charge is -2.33. The molecule has 1 heterocycles. The highest BCUT2D eigenvalue weighted by Gasteiger charge is 2.38. The highest BCUT2D eigenvalue weighted by Crippen LogP contribution is 2.26. The van der Waals surface area contributed by atoms with Crippen molar-refractivity contribution in [2.24, 2.45) is 0 Å². The number of carbonyl (C=O) groups is 3. The number of urea groups is 1. The average molecular weight is 452 g/mol. The van der Waals surface area contributed by atoms with Gasteiger partial charge in [0, 0.05) is 12.6 Å². The van der Waals surface area contributed by atoms with Gasteiger partial charge in [-0.15, -0.1) is 0 Å². The van der Waals surface area contributed by atoms with E-state index in [0.717, 1.165) is 35.6 Å². The van der Waals surface area contributed by atoms with E-state index >= 15 is 0 Å². The van der Waals surface area contributed by atoms with E-state index in [-0.39, 0.29) is 17.5 Å². The van der Waals surface area contributed by atoms with Crippen molar-refractivity contribution in [1.29, 1.82) is 0 Å². The number of esters is 1. The molecule has 2 N–H and O–H groups in total. The third-order valence-electron chi connectivity index (χ3n) is 5.64. The SMILES string of the molecule is Cc1ccc(S(=O)(=O)N2CCCCC2C(=O)OCC(=O)NC(=O)NC2CCCC2)cc1. The second kappa shape index (κ2) is 10.2. The van der Waals surface area contributed by atoms with E-state index in [1.165, 1.54) is 12.1 Å². The summed E-state index contributed by atoms with van der Waals surface area (Å²) in [6.45, 7) is 1.41. The lowest BCUT2D eigenvalue weighted by Crippen LogP contribution is -2.49. The summed E-state index contributed by atoms with van der Waals surface area (Å²) in [4.78, 5) is 36.5. The van der Waals surface area contributed by atoms with E-state index in [1.807, 2.05) is 6.92 Å². The monoisotopic (exact) mass is 451 g/mol. The van der Waals surface area contributed by atoms with Crippen LogP contribution in [-0.4, -0.2) is 55.9 Å². The maximum atomic E-state index is 13.0. The maximum absolute atomic E-state index is 13.0. The number of ether oxygens (including phenoxy) is 1. The lowest BCUT2D eigenvalue weighted by molar-refractivity contribution is -0.152. The second-order valence-electron chi connectivity index (χ2n) is 8.05. The minimum Gasteiger partial charge on any atom is -0.454 e. The number of amides is 3. The molecule has 31 heavy (non-hydrogen) atoms. The summed E-state index contributed by atoms with van der Waals surface area (Å²) in [6, 6.07) is 4.86. The molecule has 1 saturated carbocycles. The molecule has 3 amide bonds. The van der Waals surface area contributed by atoms with Gasteiger partial charge in [-0.25, -0.2) is 13.2 Å². The Labute approximate surface area is 182 Å². The van der Waals surface area contributed by atoms with Crippen LogP contribution in [0.4, 0.5) is 4.79 Å². The average Bonchev–Trinajstić information content (AvgIpc) is 3.25. The van der Waals surface area contributed by atoms with Crippen LogP contribution in [0.3, 0.4) is 0 Å². The Balaban J connectivity index is 1.56. The van der Waals surface area contributed by atoms with Crippen molar-refractivity contribution in [3.8, 4) is 0 Å². The molecule has 0 aromatic heterocycles. The van der Waals surface area contributed by atoms with Gasteiger partial charge >= 0.3 is 12.0 Å². The van der Waals surface area contributed by atoms with Crippen molar-refractivity contribution in [3.05, 3.63) is 29.8 Å². The fraction of sp³-hybridized carbons (Fsp3) is 0.571. The van der Waals surface area contributed by atoms with Gasteiger partial charge < -0.3 is 10.1 Å². The molecular formula is C21H29N3O6S. The second-order valence-corrected chi connectivity index (χ2v) is 9.94. The molecule has 0 bridgehead atoms. The van der Waals surface area contributed by atoms with Crippen LogP contribution in [-0.2, 0) is 24.3 Å². The first-order valence-electron chi connectivity index (χ1n) is 10.6. The minimum absolute atomic E-state index is 0.0538. The molecule has 1 atom stereocenters. The first kappa shape index (κ1) is 23.2. The zero-order valence-corrected chi connectivity index (χ0v) is 18.4. The van der Waals surface area contributed by atoms with Gasteiger partial charge in [-0.1, -0.05) is 30.5 Å². The topological polar surface area (TPSA) is 122 Å². The number of benzene rings is 1. The van der Waals surface area contributed by atoms with E-state index in [2.05, 4.69) is 10.6 Å². The highest BCUT2D eigenvalue weighted by atomic mass is 32.2. The Morgan fingerprint density at radius 1 is 1.03 bits per heavy atom. The molecule has 1 saturated heterocycles. The van der Waals surface area contributed by atoms with Crippen molar-refractivity contribution in [2.45, 2.75) is 68.8 Å². The molecular weight excluding hydrogens is 422 g/mol. The van der Waals surface area contributed by atoms with Gasteiger partial charge in [-0.2, -0.15) is 4.31 Å². The summed E-state index contributed by atoms with van der Waals surface area (Å²) in [6.07, 6.45) is 5.47. The van der Waals surface area contributed by atoms with E-state index in [0.29, 0.717) is 19.3 Å². The van der Waals surface area contributed by atoms with Crippen LogP contribution in [0.25, 0.3) is 0 Å². The first-order valence-corrected chi connectivity index (χ1v) is 12.1. The van der Waals surface area contributed by atoms with Crippen LogP contribution in [0.1, 0.15) is 50.5 Å². The molecule has 1 unspecified atom stereocenters. The Kier molecular flexibility index (Phi) is 7.66. The van der Waals surface area contributed by atoms with Gasteiger partial charge in [0.25, 0.3) is 5.91 Å². The van der Waals surface area contributed by atoms with Gasteiger partial charge in [0.05, 0.1) is 4.90 Å². The van der Waals surface area contributed by atoms with Gasteiger partial charge in [0.2, 0.25) is 10.0 Å². The summed E-state index contributed by atoms with van der Waals surface area (Å²) in [5.74, 6) is -1.55. The Morgan fingerprint density at radius 2 is 1.68 bits per heavy atom. The Bertz CT molecular complexity index is 910. The van der Waals surface area contributed by atoms with Crippen LogP contribution in [0.5, 0.6) is 0 Å². The fourth-order valence-electron chi connectivity index (χ4n) is 3.96. The van der Waals surface area contributed by atoms with Crippen molar-refractivity contribution < 1.29 is 27.5 Å². The molecule has 0 radical (unpaired) electrons. The maximum Gasteiger partial charge on any atom is 0.324 e. The summed E-state index contributed by atoms with van der Waals surface area (Å²) < 4.78 is 32.3. The number of hydrogen-bond donors (Lipinski definition) is 2. The fourth-order valence-corrected chi connectivity index (χ4v) is 5.61. The van der Waals surface area contributed by atoms with Crippen LogP contribution in [0.2, 0.25) is 0 Å². The van der Waals surface area contributed by atoms with Crippen LogP contribution in [0, 0.1) is 6.92 Å². The highest BCUT2D eigenvalue weighted by molar-refractivity contribution is 7.89.